The molecule has 38 heavy (non-hydrogen) atoms. The number of hydrogen-bond acceptors (Lipinski definition) is 5. The van der Waals surface area contributed by atoms with Gasteiger partial charge >= 0.3 is 0 Å². The summed E-state index contributed by atoms with van der Waals surface area (Å²) in [4.78, 5) is 0. The summed E-state index contributed by atoms with van der Waals surface area (Å²) < 4.78 is 27.6. The summed E-state index contributed by atoms with van der Waals surface area (Å²) in [7, 11) is -6.46. The van der Waals surface area contributed by atoms with Crippen LogP contribution in [0.3, 0.4) is 0 Å². The van der Waals surface area contributed by atoms with Gasteiger partial charge in [-0.2, -0.15) is 0 Å². The molecule has 0 spiro atoms. The lowest BCUT2D eigenvalue weighted by Crippen LogP contribution is -2.66. The first-order valence-corrected chi connectivity index (χ1v) is 23.6. The minimum Gasteiger partial charge on any atom is -0.414 e. The van der Waals surface area contributed by atoms with E-state index in [0.717, 1.165) is 19.3 Å². The average molecular weight is 589 g/mol. The number of allylic oxidation sites excluding steroid dienone is 1. The summed E-state index contributed by atoms with van der Waals surface area (Å²) in [6, 6.07) is 0. The average Bonchev–Trinajstić information content (AvgIpc) is 2.71. The van der Waals surface area contributed by atoms with Crippen LogP contribution in [0.1, 0.15) is 88.5 Å². The van der Waals surface area contributed by atoms with Crippen molar-refractivity contribution >= 4 is 25.0 Å². The lowest BCUT2D eigenvalue weighted by atomic mass is 9.94. The quantitative estimate of drug-likeness (QED) is 0.149. The molecule has 1 saturated heterocycles. The van der Waals surface area contributed by atoms with Crippen molar-refractivity contribution in [2.45, 2.75) is 173 Å². The molecule has 0 saturated carbocycles. The fourth-order valence-corrected chi connectivity index (χ4v) is 7.26. The van der Waals surface area contributed by atoms with E-state index >= 15 is 0 Å². The van der Waals surface area contributed by atoms with Crippen molar-refractivity contribution < 1.29 is 23.1 Å². The van der Waals surface area contributed by atoms with Crippen LogP contribution in [-0.2, 0) is 18.0 Å². The van der Waals surface area contributed by atoms with E-state index in [-0.39, 0.29) is 21.2 Å². The summed E-state index contributed by atoms with van der Waals surface area (Å²) in [5.41, 5.74) is 0. The van der Waals surface area contributed by atoms with Gasteiger partial charge < -0.3 is 23.1 Å². The molecular formula is C30H64O5Si3. The molecule has 0 unspecified atom stereocenters. The van der Waals surface area contributed by atoms with Crippen molar-refractivity contribution in [3.8, 4) is 0 Å². The maximum absolute atomic E-state index is 11.8. The smallest absolute Gasteiger partial charge is 0.192 e. The fraction of sp³-hybridized carbons (Fsp3) is 0.933. The molecule has 1 aliphatic heterocycles. The predicted octanol–water partition coefficient (Wildman–Crippen LogP) is 8.66. The molecule has 1 N–H and O–H groups in total. The van der Waals surface area contributed by atoms with Crippen molar-refractivity contribution in [2.24, 2.45) is 0 Å². The maximum Gasteiger partial charge on any atom is 0.192 e. The lowest BCUT2D eigenvalue weighted by molar-refractivity contribution is -0.207. The predicted molar refractivity (Wildman–Crippen MR) is 171 cm³/mol. The topological polar surface area (TPSA) is 57.2 Å². The standard InChI is InChI=1S/C30H64O5Si3/c1-17-18-19-20-21-23-25(31)27(35-38(15,16)30(8,9)10)26(34-37(13,14)29(5,6)7)24(33-23)22-32-36(11,12)28(2,3)4/h20-21,23-27,31H,17-19,22H2,1-16H3/b21-20+/t23-,24-,25+,26-,27-/m1/s1. The van der Waals surface area contributed by atoms with Crippen LogP contribution < -0.4 is 0 Å². The van der Waals surface area contributed by atoms with Crippen LogP contribution in [0.4, 0.5) is 0 Å². The van der Waals surface area contributed by atoms with Gasteiger partial charge in [-0.25, -0.2) is 0 Å². The second-order valence-corrected chi connectivity index (χ2v) is 30.3. The summed E-state index contributed by atoms with van der Waals surface area (Å²) in [5.74, 6) is 0. The monoisotopic (exact) mass is 588 g/mol. The Hall–Kier alpha value is 0.191. The van der Waals surface area contributed by atoms with Gasteiger partial charge in [-0.15, -0.1) is 0 Å². The highest BCUT2D eigenvalue weighted by Crippen LogP contribution is 2.44. The Labute approximate surface area is 239 Å². The summed E-state index contributed by atoms with van der Waals surface area (Å²) in [6.07, 6.45) is 4.99. The molecule has 0 aromatic carbocycles. The van der Waals surface area contributed by atoms with E-state index in [1.54, 1.807) is 0 Å². The van der Waals surface area contributed by atoms with Crippen molar-refractivity contribution in [2.75, 3.05) is 6.61 Å². The van der Waals surface area contributed by atoms with Crippen LogP contribution in [0.2, 0.25) is 54.4 Å². The molecule has 0 aromatic rings. The highest BCUT2D eigenvalue weighted by molar-refractivity contribution is 6.75. The number of aliphatic hydroxyl groups excluding tert-OH is 1. The van der Waals surface area contributed by atoms with Gasteiger partial charge in [0.05, 0.1) is 6.61 Å². The van der Waals surface area contributed by atoms with E-state index in [0.29, 0.717) is 6.61 Å². The molecule has 0 aliphatic carbocycles. The second-order valence-electron chi connectivity index (χ2n) is 16.0. The number of hydrogen-bond donors (Lipinski definition) is 1. The van der Waals surface area contributed by atoms with E-state index in [1.807, 2.05) is 6.08 Å². The van der Waals surface area contributed by atoms with Crippen molar-refractivity contribution in [3.63, 3.8) is 0 Å². The van der Waals surface area contributed by atoms with Crippen LogP contribution in [0.5, 0.6) is 0 Å². The fourth-order valence-electron chi connectivity index (χ4n) is 3.62. The molecule has 5 nitrogen and oxygen atoms in total. The van der Waals surface area contributed by atoms with Crippen molar-refractivity contribution in [1.82, 2.24) is 0 Å². The highest BCUT2D eigenvalue weighted by Gasteiger charge is 2.53. The molecule has 1 aliphatic rings. The Morgan fingerprint density at radius 2 is 1.18 bits per heavy atom. The molecule has 1 rings (SSSR count). The first kappa shape index (κ1) is 36.2. The number of rotatable bonds is 11. The normalized spacial score (nSPS) is 26.8. The van der Waals surface area contributed by atoms with Crippen LogP contribution >= 0.6 is 0 Å². The van der Waals surface area contributed by atoms with Crippen LogP contribution in [0, 0.1) is 0 Å². The summed E-state index contributed by atoms with van der Waals surface area (Å²) in [5, 5.41) is 11.9. The lowest BCUT2D eigenvalue weighted by Gasteiger charge is -2.52. The van der Waals surface area contributed by atoms with Gasteiger partial charge in [0.1, 0.15) is 30.5 Å². The zero-order chi connectivity index (χ0) is 30.0. The Kier molecular flexibility index (Phi) is 12.4. The third-order valence-corrected chi connectivity index (χ3v) is 23.1. The Morgan fingerprint density at radius 3 is 1.61 bits per heavy atom. The van der Waals surface area contributed by atoms with Crippen LogP contribution in [-0.4, -0.2) is 67.2 Å². The molecule has 1 heterocycles. The Morgan fingerprint density at radius 1 is 0.737 bits per heavy atom. The Balaban J connectivity index is 3.57. The van der Waals surface area contributed by atoms with Gasteiger partial charge in [-0.05, 0) is 60.8 Å². The van der Waals surface area contributed by atoms with Gasteiger partial charge in [-0.1, -0.05) is 94.2 Å². The second kappa shape index (κ2) is 13.0. The first-order valence-electron chi connectivity index (χ1n) is 14.9. The van der Waals surface area contributed by atoms with Gasteiger partial charge in [-0.3, -0.25) is 0 Å². The minimum atomic E-state index is -2.23. The Bertz CT molecular complexity index is 759. The largest absolute Gasteiger partial charge is 0.414 e. The van der Waals surface area contributed by atoms with Crippen molar-refractivity contribution in [3.05, 3.63) is 12.2 Å². The molecule has 0 radical (unpaired) electrons. The highest BCUT2D eigenvalue weighted by atomic mass is 28.4. The van der Waals surface area contributed by atoms with Gasteiger partial charge in [0.15, 0.2) is 25.0 Å². The molecule has 1 fully saturated rings. The van der Waals surface area contributed by atoms with Gasteiger partial charge in [0, 0.05) is 0 Å². The molecule has 8 heteroatoms. The SMILES string of the molecule is CCCC/C=C/[C@H]1O[C@H](CO[Si](C)(C)C(C)(C)C)[C@@H](O[Si](C)(C)C(C)(C)C)[C@H](O[Si](C)(C)C(C)(C)C)[C@H]1O. The minimum absolute atomic E-state index is 0.00610. The molecule has 0 bridgehead atoms. The van der Waals surface area contributed by atoms with Gasteiger partial charge in [0.25, 0.3) is 0 Å². The van der Waals surface area contributed by atoms with Crippen LogP contribution in [0.25, 0.3) is 0 Å². The first-order chi connectivity index (χ1) is 16.9. The van der Waals surface area contributed by atoms with E-state index in [2.05, 4.69) is 115 Å². The molecule has 5 atom stereocenters. The zero-order valence-corrected chi connectivity index (χ0v) is 31.0. The van der Waals surface area contributed by atoms with E-state index < -0.39 is 49.4 Å². The van der Waals surface area contributed by atoms with E-state index in [9.17, 15) is 5.11 Å². The number of unbranched alkanes of at least 4 members (excludes halogenated alkanes) is 2. The molecule has 0 amide bonds. The third-order valence-electron chi connectivity index (χ3n) is 9.63. The maximum atomic E-state index is 11.8. The van der Waals surface area contributed by atoms with Crippen molar-refractivity contribution in [1.29, 1.82) is 0 Å². The van der Waals surface area contributed by atoms with E-state index in [4.69, 9.17) is 18.0 Å². The molecule has 0 aromatic heterocycles. The van der Waals surface area contributed by atoms with Gasteiger partial charge in [0.2, 0.25) is 0 Å². The summed E-state index contributed by atoms with van der Waals surface area (Å²) >= 11 is 0. The third kappa shape index (κ3) is 9.36. The molecular weight excluding hydrogens is 525 g/mol. The molecule has 226 valence electrons. The zero-order valence-electron chi connectivity index (χ0n) is 28.0. The van der Waals surface area contributed by atoms with Crippen LogP contribution in [0.15, 0.2) is 12.2 Å². The number of aliphatic hydroxyl groups is 1. The number of ether oxygens (including phenoxy) is 1. The van der Waals surface area contributed by atoms with E-state index in [1.165, 1.54) is 0 Å². The summed E-state index contributed by atoms with van der Waals surface area (Å²) in [6.45, 7) is 36.5.